The van der Waals surface area contributed by atoms with E-state index in [1.165, 1.54) is 6.66 Å². The van der Waals surface area contributed by atoms with Gasteiger partial charge in [-0.25, -0.2) is 0 Å². The van der Waals surface area contributed by atoms with Crippen LogP contribution < -0.4 is 4.74 Å². The molecule has 0 spiro atoms. The molecule has 182 valence electrons. The lowest BCUT2D eigenvalue weighted by molar-refractivity contribution is -0.159. The molecule has 0 saturated heterocycles. The molecule has 0 heterocycles. The molecule has 33 heavy (non-hydrogen) atoms. The molecular weight excluding hydrogens is 575 g/mol. The minimum absolute atomic E-state index is 0.159. The van der Waals surface area contributed by atoms with Crippen molar-refractivity contribution in [2.75, 3.05) is 19.8 Å². The molecule has 0 fully saturated rings. The van der Waals surface area contributed by atoms with E-state index in [0.717, 1.165) is 25.6 Å². The number of hydrogen-bond donors (Lipinski definition) is 1. The Morgan fingerprint density at radius 2 is 1.73 bits per heavy atom. The number of phenols is 1. The van der Waals surface area contributed by atoms with E-state index in [-0.39, 0.29) is 19.1 Å². The largest absolute Gasteiger partial charge is 0.508 e. The maximum Gasteiger partial charge on any atom is 0.313 e. The molecule has 1 N–H and O–H groups in total. The third kappa shape index (κ3) is 8.43. The van der Waals surface area contributed by atoms with E-state index < -0.39 is 18.8 Å². The van der Waals surface area contributed by atoms with E-state index in [0.29, 0.717) is 17.9 Å². The van der Waals surface area contributed by atoms with Crippen LogP contribution >= 0.6 is 39.2 Å². The summed E-state index contributed by atoms with van der Waals surface area (Å²) in [6.07, 6.45) is 0.490. The SMILES string of the molecule is CC(C)c1cc(Cc2c(Br)cc(OCP(C)(=O)OCOC(=O)C(C)(C)C)cc2Br)ccc1O. The Labute approximate surface area is 212 Å². The number of rotatable bonds is 9. The van der Waals surface area contributed by atoms with Gasteiger partial charge in [-0.1, -0.05) is 57.8 Å². The second-order valence-electron chi connectivity index (χ2n) is 9.31. The maximum absolute atomic E-state index is 12.6. The van der Waals surface area contributed by atoms with Crippen molar-refractivity contribution in [3.63, 3.8) is 0 Å². The van der Waals surface area contributed by atoms with Crippen LogP contribution in [0.4, 0.5) is 0 Å². The highest BCUT2D eigenvalue weighted by Gasteiger charge is 2.25. The zero-order chi connectivity index (χ0) is 25.0. The van der Waals surface area contributed by atoms with Gasteiger partial charge in [-0.3, -0.25) is 13.9 Å². The molecule has 0 bridgehead atoms. The van der Waals surface area contributed by atoms with Gasteiger partial charge in [-0.15, -0.1) is 0 Å². The third-order valence-electron chi connectivity index (χ3n) is 4.80. The van der Waals surface area contributed by atoms with Gasteiger partial charge < -0.3 is 14.6 Å². The van der Waals surface area contributed by atoms with Crippen molar-refractivity contribution in [2.24, 2.45) is 5.41 Å². The van der Waals surface area contributed by atoms with Gasteiger partial charge in [0.2, 0.25) is 7.37 Å². The Hall–Kier alpha value is -1.34. The van der Waals surface area contributed by atoms with Crippen LogP contribution in [0.1, 0.15) is 57.2 Å². The lowest BCUT2D eigenvalue weighted by Gasteiger charge is -2.19. The van der Waals surface area contributed by atoms with Gasteiger partial charge in [0.25, 0.3) is 0 Å². The third-order valence-corrected chi connectivity index (χ3v) is 7.47. The van der Waals surface area contributed by atoms with Crippen molar-refractivity contribution in [3.05, 3.63) is 56.0 Å². The quantitative estimate of drug-likeness (QED) is 0.182. The van der Waals surface area contributed by atoms with Crippen LogP contribution in [-0.4, -0.2) is 30.9 Å². The van der Waals surface area contributed by atoms with Crippen molar-refractivity contribution in [1.29, 1.82) is 0 Å². The van der Waals surface area contributed by atoms with Crippen molar-refractivity contribution >= 4 is 45.2 Å². The summed E-state index contributed by atoms with van der Waals surface area (Å²) in [6, 6.07) is 9.26. The summed E-state index contributed by atoms with van der Waals surface area (Å²) < 4.78 is 30.3. The second kappa shape index (κ2) is 11.4. The van der Waals surface area contributed by atoms with Crippen molar-refractivity contribution in [2.45, 2.75) is 47.0 Å². The summed E-state index contributed by atoms with van der Waals surface area (Å²) in [5.41, 5.74) is 2.34. The summed E-state index contributed by atoms with van der Waals surface area (Å²) in [5, 5.41) is 10.1. The zero-order valence-electron chi connectivity index (χ0n) is 19.8. The van der Waals surface area contributed by atoms with E-state index in [9.17, 15) is 14.5 Å². The number of aromatic hydroxyl groups is 1. The standard InChI is InChI=1S/C24H31Br2O6P/c1-15(2)18-9-16(7-8-22(18)27)10-19-20(25)11-17(12-21(19)26)31-14-33(6,29)32-13-30-23(28)24(3,4)5/h7-9,11-12,15,27H,10,13-14H2,1-6H3. The average molecular weight is 606 g/mol. The summed E-state index contributed by atoms with van der Waals surface area (Å²) in [7, 11) is -3.14. The van der Waals surface area contributed by atoms with Crippen molar-refractivity contribution < 1.29 is 28.5 Å². The fourth-order valence-electron chi connectivity index (χ4n) is 2.85. The molecule has 0 aliphatic heterocycles. The average Bonchev–Trinajstić information content (AvgIpc) is 2.69. The number of esters is 1. The number of carbonyl (C=O) groups is 1. The zero-order valence-corrected chi connectivity index (χ0v) is 23.8. The second-order valence-corrected chi connectivity index (χ2v) is 13.6. The minimum atomic E-state index is -3.14. The molecule has 0 aliphatic carbocycles. The molecule has 6 nitrogen and oxygen atoms in total. The van der Waals surface area contributed by atoms with Crippen molar-refractivity contribution in [1.82, 2.24) is 0 Å². The molecule has 0 amide bonds. The van der Waals surface area contributed by atoms with Gasteiger partial charge in [-0.2, -0.15) is 0 Å². The lowest BCUT2D eigenvalue weighted by Crippen LogP contribution is -2.23. The fourth-order valence-corrected chi connectivity index (χ4v) is 5.01. The molecule has 0 radical (unpaired) electrons. The molecule has 2 rings (SSSR count). The fraction of sp³-hybridized carbons (Fsp3) is 0.458. The normalized spacial score (nSPS) is 13.6. The smallest absolute Gasteiger partial charge is 0.313 e. The number of carbonyl (C=O) groups excluding carboxylic acids is 1. The van der Waals surface area contributed by atoms with Gasteiger partial charge >= 0.3 is 5.97 Å². The number of hydrogen-bond acceptors (Lipinski definition) is 6. The van der Waals surface area contributed by atoms with Crippen LogP contribution in [0.25, 0.3) is 0 Å². The predicted molar refractivity (Wildman–Crippen MR) is 137 cm³/mol. The molecule has 1 atom stereocenters. The molecule has 1 unspecified atom stereocenters. The van der Waals surface area contributed by atoms with Crippen molar-refractivity contribution in [3.8, 4) is 11.5 Å². The van der Waals surface area contributed by atoms with Gasteiger partial charge in [0.15, 0.2) is 13.1 Å². The van der Waals surface area contributed by atoms with E-state index in [1.807, 2.05) is 38.1 Å². The Morgan fingerprint density at radius 3 is 2.27 bits per heavy atom. The van der Waals surface area contributed by atoms with Gasteiger partial charge in [-0.05, 0) is 68.0 Å². The first-order valence-electron chi connectivity index (χ1n) is 10.5. The van der Waals surface area contributed by atoms with E-state index >= 15 is 0 Å². The summed E-state index contributed by atoms with van der Waals surface area (Å²) in [6.45, 7) is 10.3. The molecular formula is C24H31Br2O6P. The van der Waals surface area contributed by atoms with E-state index in [4.69, 9.17) is 14.0 Å². The highest BCUT2D eigenvalue weighted by molar-refractivity contribution is 9.11. The number of benzene rings is 2. The molecule has 2 aromatic rings. The van der Waals surface area contributed by atoms with Crippen LogP contribution in [0.3, 0.4) is 0 Å². The Bertz CT molecular complexity index is 1020. The first kappa shape index (κ1) is 27.9. The van der Waals surface area contributed by atoms with Crippen LogP contribution in [0.5, 0.6) is 11.5 Å². The number of ether oxygens (including phenoxy) is 2. The Morgan fingerprint density at radius 1 is 1.12 bits per heavy atom. The van der Waals surface area contributed by atoms with E-state index in [1.54, 1.807) is 26.8 Å². The maximum atomic E-state index is 12.6. The number of halogens is 2. The van der Waals surface area contributed by atoms with Crippen LogP contribution in [-0.2, 0) is 25.0 Å². The first-order valence-corrected chi connectivity index (χ1v) is 14.3. The molecule has 2 aromatic carbocycles. The number of phenolic OH excluding ortho intramolecular Hbond substituents is 1. The van der Waals surface area contributed by atoms with E-state index in [2.05, 4.69) is 31.9 Å². The van der Waals surface area contributed by atoms with Crippen LogP contribution in [0.2, 0.25) is 0 Å². The summed E-state index contributed by atoms with van der Waals surface area (Å²) in [5.74, 6) is 0.607. The highest BCUT2D eigenvalue weighted by Crippen LogP contribution is 2.43. The summed E-state index contributed by atoms with van der Waals surface area (Å²) >= 11 is 7.19. The monoisotopic (exact) mass is 604 g/mol. The highest BCUT2D eigenvalue weighted by atomic mass is 79.9. The minimum Gasteiger partial charge on any atom is -0.508 e. The Balaban J connectivity index is 2.03. The molecule has 0 saturated carbocycles. The van der Waals surface area contributed by atoms with Gasteiger partial charge in [0, 0.05) is 15.6 Å². The van der Waals surface area contributed by atoms with Gasteiger partial charge in [0.1, 0.15) is 11.5 Å². The molecule has 9 heteroatoms. The predicted octanol–water partition coefficient (Wildman–Crippen LogP) is 7.44. The van der Waals surface area contributed by atoms with Gasteiger partial charge in [0.05, 0.1) is 5.41 Å². The molecule has 0 aromatic heterocycles. The van der Waals surface area contributed by atoms with Crippen LogP contribution in [0, 0.1) is 5.41 Å². The first-order chi connectivity index (χ1) is 15.2. The Kier molecular flexibility index (Phi) is 9.63. The molecule has 0 aliphatic rings. The topological polar surface area (TPSA) is 82.1 Å². The lowest BCUT2D eigenvalue weighted by atomic mass is 9.96. The van der Waals surface area contributed by atoms with Crippen LogP contribution in [0.15, 0.2) is 39.3 Å². The summed E-state index contributed by atoms with van der Waals surface area (Å²) in [4.78, 5) is 11.8.